The third kappa shape index (κ3) is 4.15. The summed E-state index contributed by atoms with van der Waals surface area (Å²) in [6.07, 6.45) is 0.933. The number of rotatable bonds is 6. The van der Waals surface area contributed by atoms with E-state index in [4.69, 9.17) is 0 Å². The summed E-state index contributed by atoms with van der Waals surface area (Å²) in [4.78, 5) is 19.0. The van der Waals surface area contributed by atoms with Crippen LogP contribution in [-0.2, 0) is 17.8 Å². The highest BCUT2D eigenvalue weighted by molar-refractivity contribution is 7.09. The molecule has 1 aromatic heterocycles. The quantitative estimate of drug-likeness (QED) is 0.891. The van der Waals surface area contributed by atoms with Crippen LogP contribution >= 0.6 is 11.3 Å². The average Bonchev–Trinajstić information content (AvgIpc) is 2.93. The molecular weight excluding hydrogens is 294 g/mol. The number of aryl methyl sites for hydroxylation is 2. The first-order chi connectivity index (χ1) is 10.5. The van der Waals surface area contributed by atoms with E-state index in [1.807, 2.05) is 49.5 Å². The highest BCUT2D eigenvalue weighted by atomic mass is 32.1. The molecule has 5 heteroatoms. The number of aromatic nitrogens is 1. The topological polar surface area (TPSA) is 45.2 Å². The summed E-state index contributed by atoms with van der Waals surface area (Å²) >= 11 is 1.64. The second kappa shape index (κ2) is 7.51. The van der Waals surface area contributed by atoms with Crippen LogP contribution in [0, 0.1) is 6.92 Å². The summed E-state index contributed by atoms with van der Waals surface area (Å²) in [5, 5.41) is 6.11. The number of thiazole rings is 1. The number of hydrogen-bond acceptors (Lipinski definition) is 4. The van der Waals surface area contributed by atoms with Crippen molar-refractivity contribution in [2.24, 2.45) is 0 Å². The molecule has 0 fully saturated rings. The summed E-state index contributed by atoms with van der Waals surface area (Å²) in [6.45, 7) is 4.60. The maximum absolute atomic E-state index is 12.6. The lowest BCUT2D eigenvalue weighted by Gasteiger charge is -2.24. The molecule has 0 aliphatic rings. The Morgan fingerprint density at radius 1 is 1.41 bits per heavy atom. The van der Waals surface area contributed by atoms with Gasteiger partial charge >= 0.3 is 0 Å². The summed E-state index contributed by atoms with van der Waals surface area (Å²) in [7, 11) is 3.84. The fourth-order valence-corrected chi connectivity index (χ4v) is 3.14. The van der Waals surface area contributed by atoms with Gasteiger partial charge in [-0.1, -0.05) is 36.8 Å². The van der Waals surface area contributed by atoms with Gasteiger partial charge in [-0.15, -0.1) is 11.3 Å². The Morgan fingerprint density at radius 2 is 2.18 bits per heavy atom. The molecule has 0 unspecified atom stereocenters. The number of carbonyl (C=O) groups excluding carboxylic acids is 1. The molecule has 2 rings (SSSR count). The Balaban J connectivity index is 2.07. The van der Waals surface area contributed by atoms with Crippen molar-refractivity contribution in [2.75, 3.05) is 14.1 Å². The van der Waals surface area contributed by atoms with Gasteiger partial charge in [0.25, 0.3) is 0 Å². The van der Waals surface area contributed by atoms with Gasteiger partial charge in [-0.3, -0.25) is 9.69 Å². The SMILES string of the molecule is CCc1nc(CNC(=O)[C@H](c2cccc(C)c2)N(C)C)cs1. The molecule has 0 bridgehead atoms. The first-order valence-corrected chi connectivity index (χ1v) is 8.33. The fourth-order valence-electron chi connectivity index (χ4n) is 2.39. The predicted octanol–water partition coefficient (Wildman–Crippen LogP) is 2.93. The molecular formula is C17H23N3OS. The van der Waals surface area contributed by atoms with Gasteiger partial charge in [0.1, 0.15) is 6.04 Å². The van der Waals surface area contributed by atoms with Crippen LogP contribution in [-0.4, -0.2) is 29.9 Å². The van der Waals surface area contributed by atoms with Crippen molar-refractivity contribution < 1.29 is 4.79 Å². The Hall–Kier alpha value is -1.72. The standard InChI is InChI=1S/C17H23N3OS/c1-5-15-19-14(11-22-15)10-18-17(21)16(20(3)4)13-8-6-7-12(2)9-13/h6-9,11,16H,5,10H2,1-4H3,(H,18,21)/t16-/m0/s1. The molecule has 0 spiro atoms. The smallest absolute Gasteiger partial charge is 0.242 e. The number of carbonyl (C=O) groups is 1. The van der Waals surface area contributed by atoms with Crippen LogP contribution in [0.15, 0.2) is 29.6 Å². The van der Waals surface area contributed by atoms with Crippen molar-refractivity contribution in [2.45, 2.75) is 32.9 Å². The van der Waals surface area contributed by atoms with E-state index in [0.717, 1.165) is 28.2 Å². The molecule has 0 aliphatic carbocycles. The summed E-state index contributed by atoms with van der Waals surface area (Å²) in [5.41, 5.74) is 3.09. The van der Waals surface area contributed by atoms with Crippen LogP contribution < -0.4 is 5.32 Å². The van der Waals surface area contributed by atoms with Gasteiger partial charge in [0.2, 0.25) is 5.91 Å². The molecule has 118 valence electrons. The third-order valence-electron chi connectivity index (χ3n) is 3.47. The Kier molecular flexibility index (Phi) is 5.69. The normalized spacial score (nSPS) is 12.4. The van der Waals surface area contributed by atoms with E-state index >= 15 is 0 Å². The van der Waals surface area contributed by atoms with Crippen molar-refractivity contribution in [1.29, 1.82) is 0 Å². The minimum atomic E-state index is -0.288. The number of nitrogens with zero attached hydrogens (tertiary/aromatic N) is 2. The van der Waals surface area contributed by atoms with Crippen LogP contribution in [0.3, 0.4) is 0 Å². The number of likely N-dealkylation sites (N-methyl/N-ethyl adjacent to an activating group) is 1. The molecule has 0 saturated heterocycles. The zero-order valence-electron chi connectivity index (χ0n) is 13.6. The lowest BCUT2D eigenvalue weighted by atomic mass is 10.0. The Morgan fingerprint density at radius 3 is 2.77 bits per heavy atom. The number of nitrogens with one attached hydrogen (secondary N) is 1. The van der Waals surface area contributed by atoms with Crippen molar-refractivity contribution in [3.63, 3.8) is 0 Å². The predicted molar refractivity (Wildman–Crippen MR) is 90.9 cm³/mol. The molecule has 0 radical (unpaired) electrons. The van der Waals surface area contributed by atoms with Gasteiger partial charge in [-0.2, -0.15) is 0 Å². The van der Waals surface area contributed by atoms with Crippen LogP contribution in [0.5, 0.6) is 0 Å². The van der Waals surface area contributed by atoms with Gasteiger partial charge in [0.05, 0.1) is 17.2 Å². The monoisotopic (exact) mass is 317 g/mol. The molecule has 1 atom stereocenters. The van der Waals surface area contributed by atoms with Crippen molar-refractivity contribution >= 4 is 17.2 Å². The van der Waals surface area contributed by atoms with Gasteiger partial charge in [0, 0.05) is 5.38 Å². The van der Waals surface area contributed by atoms with Gasteiger partial charge in [0.15, 0.2) is 0 Å². The lowest BCUT2D eigenvalue weighted by molar-refractivity contribution is -0.126. The number of amides is 1. The molecule has 2 aromatic rings. The molecule has 1 heterocycles. The van der Waals surface area contributed by atoms with Crippen molar-refractivity contribution in [3.8, 4) is 0 Å². The van der Waals surface area contributed by atoms with E-state index in [1.165, 1.54) is 0 Å². The summed E-state index contributed by atoms with van der Waals surface area (Å²) in [6, 6.07) is 7.79. The zero-order chi connectivity index (χ0) is 16.1. The van der Waals surface area contributed by atoms with Crippen LogP contribution in [0.4, 0.5) is 0 Å². The average molecular weight is 317 g/mol. The molecule has 0 saturated carbocycles. The highest BCUT2D eigenvalue weighted by Crippen LogP contribution is 2.20. The van der Waals surface area contributed by atoms with Crippen molar-refractivity contribution in [1.82, 2.24) is 15.2 Å². The minimum Gasteiger partial charge on any atom is -0.349 e. The largest absolute Gasteiger partial charge is 0.349 e. The minimum absolute atomic E-state index is 0.00153. The van der Waals surface area contributed by atoms with E-state index in [9.17, 15) is 4.79 Å². The molecule has 22 heavy (non-hydrogen) atoms. The lowest BCUT2D eigenvalue weighted by Crippen LogP contribution is -2.36. The molecule has 1 aromatic carbocycles. The van der Waals surface area contributed by atoms with Crippen LogP contribution in [0.25, 0.3) is 0 Å². The summed E-state index contributed by atoms with van der Waals surface area (Å²) < 4.78 is 0. The second-order valence-electron chi connectivity index (χ2n) is 5.58. The maximum atomic E-state index is 12.6. The van der Waals surface area contributed by atoms with Crippen LogP contribution in [0.2, 0.25) is 0 Å². The maximum Gasteiger partial charge on any atom is 0.242 e. The van der Waals surface area contributed by atoms with Gasteiger partial charge in [-0.05, 0) is 33.0 Å². The van der Waals surface area contributed by atoms with E-state index in [-0.39, 0.29) is 11.9 Å². The van der Waals surface area contributed by atoms with E-state index in [1.54, 1.807) is 11.3 Å². The van der Waals surface area contributed by atoms with E-state index in [0.29, 0.717) is 6.54 Å². The number of benzene rings is 1. The zero-order valence-corrected chi connectivity index (χ0v) is 14.4. The number of hydrogen-bond donors (Lipinski definition) is 1. The fraction of sp³-hybridized carbons (Fsp3) is 0.412. The Labute approximate surface area is 136 Å². The first kappa shape index (κ1) is 16.6. The van der Waals surface area contributed by atoms with E-state index < -0.39 is 0 Å². The first-order valence-electron chi connectivity index (χ1n) is 7.45. The Bertz CT molecular complexity index is 636. The highest BCUT2D eigenvalue weighted by Gasteiger charge is 2.22. The third-order valence-corrected chi connectivity index (χ3v) is 4.51. The molecule has 4 nitrogen and oxygen atoms in total. The summed E-state index contributed by atoms with van der Waals surface area (Å²) in [5.74, 6) is 0.00153. The molecule has 1 N–H and O–H groups in total. The van der Waals surface area contributed by atoms with Crippen LogP contribution in [0.1, 0.15) is 34.8 Å². The molecule has 1 amide bonds. The van der Waals surface area contributed by atoms with Gasteiger partial charge < -0.3 is 5.32 Å². The van der Waals surface area contributed by atoms with E-state index in [2.05, 4.69) is 23.3 Å². The second-order valence-corrected chi connectivity index (χ2v) is 6.53. The molecule has 0 aliphatic heterocycles. The van der Waals surface area contributed by atoms with Gasteiger partial charge in [-0.25, -0.2) is 4.98 Å². The van der Waals surface area contributed by atoms with Crippen molar-refractivity contribution in [3.05, 3.63) is 51.5 Å².